The number of unbranched alkanes of at least 4 members (excludes halogenated alkanes) is 13. The van der Waals surface area contributed by atoms with Crippen LogP contribution in [-0.2, 0) is 24.1 Å². The summed E-state index contributed by atoms with van der Waals surface area (Å²) in [5, 5.41) is 15.7. The lowest BCUT2D eigenvalue weighted by Crippen LogP contribution is -2.37. The van der Waals surface area contributed by atoms with E-state index < -0.39 is 23.7 Å². The number of carboxylic acid groups (broad SMARTS) is 1. The van der Waals surface area contributed by atoms with Crippen LogP contribution in [0.5, 0.6) is 0 Å². The van der Waals surface area contributed by atoms with E-state index >= 15 is 0 Å². The van der Waals surface area contributed by atoms with Gasteiger partial charge in [0.2, 0.25) is 0 Å². The van der Waals surface area contributed by atoms with Gasteiger partial charge in [-0.15, -0.1) is 0 Å². The maximum atomic E-state index is 13.0. The first-order valence-corrected chi connectivity index (χ1v) is 20.3. The number of aliphatic carboxylic acids is 1. The molecule has 0 bridgehead atoms. The standard InChI is InChI=1S/C40H78N2O7/c1-7-10-13-16-18-20-24-35(25-21-19-17-14-11-8-2)33-47-37(43)29-28-34(26-23-31-42-39(46)48-49-40(4,5)6)30-32-41-36(38(44)45)27-22-15-12-9-3/h34-36,41H,7-33H2,1-6H3,(H,42,46)(H,44,45). The van der Waals surface area contributed by atoms with Crippen LogP contribution in [0.15, 0.2) is 0 Å². The monoisotopic (exact) mass is 699 g/mol. The van der Waals surface area contributed by atoms with Crippen LogP contribution in [0, 0.1) is 11.8 Å². The molecule has 0 saturated carbocycles. The molecule has 0 radical (unpaired) electrons. The zero-order valence-electron chi connectivity index (χ0n) is 32.7. The van der Waals surface area contributed by atoms with Gasteiger partial charge in [0.1, 0.15) is 11.6 Å². The lowest BCUT2D eigenvalue weighted by atomic mass is 9.93. The fraction of sp³-hybridized carbons (Fsp3) is 0.925. The van der Waals surface area contributed by atoms with Gasteiger partial charge in [0, 0.05) is 13.0 Å². The highest BCUT2D eigenvalue weighted by Crippen LogP contribution is 2.22. The number of hydrogen-bond acceptors (Lipinski definition) is 7. The number of rotatable bonds is 34. The zero-order valence-corrected chi connectivity index (χ0v) is 32.7. The van der Waals surface area contributed by atoms with Crippen molar-refractivity contribution in [3.8, 4) is 0 Å². The molecule has 1 amide bonds. The number of carboxylic acids is 1. The first kappa shape index (κ1) is 47.1. The van der Waals surface area contributed by atoms with Crippen molar-refractivity contribution in [1.29, 1.82) is 0 Å². The van der Waals surface area contributed by atoms with Crippen LogP contribution in [0.25, 0.3) is 0 Å². The third-order valence-electron chi connectivity index (χ3n) is 9.18. The molecule has 0 fully saturated rings. The summed E-state index contributed by atoms with van der Waals surface area (Å²) in [5.74, 6) is -0.331. The molecular weight excluding hydrogens is 620 g/mol. The van der Waals surface area contributed by atoms with Gasteiger partial charge < -0.3 is 20.5 Å². The highest BCUT2D eigenvalue weighted by atomic mass is 17.2. The van der Waals surface area contributed by atoms with Crippen LogP contribution >= 0.6 is 0 Å². The van der Waals surface area contributed by atoms with Gasteiger partial charge in [0.25, 0.3) is 0 Å². The quantitative estimate of drug-likeness (QED) is 0.0263. The van der Waals surface area contributed by atoms with E-state index in [4.69, 9.17) is 14.5 Å². The van der Waals surface area contributed by atoms with Crippen molar-refractivity contribution in [2.75, 3.05) is 19.7 Å². The Balaban J connectivity index is 4.97. The summed E-state index contributed by atoms with van der Waals surface area (Å²) in [7, 11) is 0. The lowest BCUT2D eigenvalue weighted by Gasteiger charge is -2.20. The summed E-state index contributed by atoms with van der Waals surface area (Å²) in [5.41, 5.74) is -0.587. The molecule has 0 aromatic carbocycles. The molecule has 0 heterocycles. The van der Waals surface area contributed by atoms with Crippen LogP contribution < -0.4 is 10.6 Å². The maximum absolute atomic E-state index is 13.0. The Hall–Kier alpha value is -1.87. The van der Waals surface area contributed by atoms with Crippen molar-refractivity contribution in [1.82, 2.24) is 10.6 Å². The van der Waals surface area contributed by atoms with Crippen LogP contribution in [0.3, 0.4) is 0 Å². The summed E-state index contributed by atoms with van der Waals surface area (Å²) >= 11 is 0. The molecule has 3 N–H and O–H groups in total. The summed E-state index contributed by atoms with van der Waals surface area (Å²) < 4.78 is 5.88. The Kier molecular flexibility index (Phi) is 30.8. The van der Waals surface area contributed by atoms with Crippen molar-refractivity contribution in [3.05, 3.63) is 0 Å². The molecule has 0 aromatic rings. The SMILES string of the molecule is CCCCCCCCC(CCCCCCCC)COC(=O)CCC(CCCNC(=O)OOC(C)(C)C)CCNC(CCCCCC)C(=O)O. The van der Waals surface area contributed by atoms with Gasteiger partial charge in [-0.05, 0) is 84.1 Å². The van der Waals surface area contributed by atoms with Crippen LogP contribution in [0.4, 0.5) is 4.79 Å². The Morgan fingerprint density at radius 2 is 1.12 bits per heavy atom. The molecule has 9 nitrogen and oxygen atoms in total. The second-order valence-electron chi connectivity index (χ2n) is 15.2. The Bertz CT molecular complexity index is 786. The average Bonchev–Trinajstić information content (AvgIpc) is 3.06. The van der Waals surface area contributed by atoms with E-state index in [0.717, 1.165) is 51.4 Å². The Labute approximate surface area is 301 Å². The van der Waals surface area contributed by atoms with Crippen molar-refractivity contribution in [2.45, 2.75) is 207 Å². The van der Waals surface area contributed by atoms with Gasteiger partial charge in [-0.25, -0.2) is 4.79 Å². The zero-order chi connectivity index (χ0) is 36.6. The van der Waals surface area contributed by atoms with Crippen LogP contribution in [-0.4, -0.2) is 54.5 Å². The summed E-state index contributed by atoms with van der Waals surface area (Å²) in [6.45, 7) is 13.5. The molecule has 0 aromatic heterocycles. The Morgan fingerprint density at radius 1 is 0.612 bits per heavy atom. The second kappa shape index (κ2) is 32.1. The lowest BCUT2D eigenvalue weighted by molar-refractivity contribution is -0.300. The van der Waals surface area contributed by atoms with Gasteiger partial charge in [-0.3, -0.25) is 14.5 Å². The first-order valence-electron chi connectivity index (χ1n) is 20.3. The second-order valence-corrected chi connectivity index (χ2v) is 15.2. The molecule has 2 atom stereocenters. The van der Waals surface area contributed by atoms with Gasteiger partial charge >= 0.3 is 18.0 Å². The smallest absolute Gasteiger partial charge is 0.438 e. The van der Waals surface area contributed by atoms with E-state index in [-0.39, 0.29) is 11.9 Å². The van der Waals surface area contributed by atoms with Gasteiger partial charge in [-0.1, -0.05) is 124 Å². The Morgan fingerprint density at radius 3 is 1.67 bits per heavy atom. The normalized spacial score (nSPS) is 13.0. The highest BCUT2D eigenvalue weighted by molar-refractivity contribution is 5.73. The van der Waals surface area contributed by atoms with Crippen LogP contribution in [0.2, 0.25) is 0 Å². The maximum Gasteiger partial charge on any atom is 0.438 e. The number of hydrogen-bond donors (Lipinski definition) is 3. The van der Waals surface area contributed by atoms with Crippen molar-refractivity contribution in [3.63, 3.8) is 0 Å². The molecule has 0 rings (SSSR count). The van der Waals surface area contributed by atoms with Crippen molar-refractivity contribution < 1.29 is 34.0 Å². The largest absolute Gasteiger partial charge is 0.480 e. The fourth-order valence-electron chi connectivity index (χ4n) is 6.10. The molecule has 0 aliphatic heterocycles. The molecular formula is C40H78N2O7. The van der Waals surface area contributed by atoms with Crippen LogP contribution in [0.1, 0.15) is 196 Å². The fourth-order valence-corrected chi connectivity index (χ4v) is 6.10. The molecule has 0 aliphatic rings. The van der Waals surface area contributed by atoms with E-state index in [1.54, 1.807) is 20.8 Å². The van der Waals surface area contributed by atoms with E-state index in [1.165, 1.54) is 77.0 Å². The molecule has 0 saturated heterocycles. The highest BCUT2D eigenvalue weighted by Gasteiger charge is 2.19. The van der Waals surface area contributed by atoms with Gasteiger partial charge in [0.15, 0.2) is 0 Å². The molecule has 49 heavy (non-hydrogen) atoms. The molecule has 290 valence electrons. The molecule has 0 spiro atoms. The third-order valence-corrected chi connectivity index (χ3v) is 9.18. The minimum Gasteiger partial charge on any atom is -0.480 e. The predicted molar refractivity (Wildman–Crippen MR) is 201 cm³/mol. The van der Waals surface area contributed by atoms with Gasteiger partial charge in [-0.2, -0.15) is 4.89 Å². The topological polar surface area (TPSA) is 123 Å². The molecule has 9 heteroatoms. The van der Waals surface area contributed by atoms with E-state index in [0.29, 0.717) is 51.3 Å². The minimum absolute atomic E-state index is 0.144. The predicted octanol–water partition coefficient (Wildman–Crippen LogP) is 10.7. The number of ether oxygens (including phenoxy) is 1. The first-order chi connectivity index (χ1) is 23.5. The van der Waals surface area contributed by atoms with E-state index in [2.05, 4.69) is 31.4 Å². The number of esters is 1. The number of carbonyl (C=O) groups is 3. The average molecular weight is 699 g/mol. The summed E-state index contributed by atoms with van der Waals surface area (Å²) in [6, 6.07) is -0.558. The van der Waals surface area contributed by atoms with E-state index in [1.807, 2.05) is 0 Å². The van der Waals surface area contributed by atoms with Crippen molar-refractivity contribution in [2.24, 2.45) is 11.8 Å². The third kappa shape index (κ3) is 31.8. The summed E-state index contributed by atoms with van der Waals surface area (Å²) in [4.78, 5) is 46.7. The van der Waals surface area contributed by atoms with Gasteiger partial charge in [0.05, 0.1) is 6.61 Å². The number of carbonyl (C=O) groups excluding carboxylic acids is 2. The molecule has 2 unspecified atom stereocenters. The number of nitrogens with one attached hydrogen (secondary N) is 2. The number of amides is 1. The minimum atomic E-state index is -0.812. The van der Waals surface area contributed by atoms with E-state index in [9.17, 15) is 19.5 Å². The van der Waals surface area contributed by atoms with Crippen molar-refractivity contribution >= 4 is 18.0 Å². The molecule has 0 aliphatic carbocycles. The summed E-state index contributed by atoms with van der Waals surface area (Å²) in [6.07, 6.45) is 25.0.